The van der Waals surface area contributed by atoms with Crippen LogP contribution in [0.25, 0.3) is 0 Å². The fourth-order valence-electron chi connectivity index (χ4n) is 3.32. The van der Waals surface area contributed by atoms with Crippen molar-refractivity contribution in [3.8, 4) is 5.75 Å². The number of sulfonamides is 1. The summed E-state index contributed by atoms with van der Waals surface area (Å²) in [6.07, 6.45) is 0. The van der Waals surface area contributed by atoms with Crippen molar-refractivity contribution < 1.29 is 27.4 Å². The maximum Gasteiger partial charge on any atom is 0.338 e. The molecule has 0 spiro atoms. The third-order valence-electron chi connectivity index (χ3n) is 4.79. The maximum atomic E-state index is 13.0. The number of ether oxygens (including phenoxy) is 3. The molecule has 2 aromatic rings. The van der Waals surface area contributed by atoms with Gasteiger partial charge in [-0.25, -0.2) is 13.2 Å². The Morgan fingerprint density at radius 2 is 1.67 bits per heavy atom. The van der Waals surface area contributed by atoms with Gasteiger partial charge >= 0.3 is 5.97 Å². The summed E-state index contributed by atoms with van der Waals surface area (Å²) in [5.41, 5.74) is 2.96. The first-order valence-electron chi connectivity index (χ1n) is 9.84. The minimum absolute atomic E-state index is 0.0608. The monoisotopic (exact) mass is 433 g/mol. The molecule has 0 bridgehead atoms. The number of esters is 1. The number of hydrogen-bond acceptors (Lipinski definition) is 6. The largest absolute Gasteiger partial charge is 0.490 e. The van der Waals surface area contributed by atoms with Crippen LogP contribution in [0.2, 0.25) is 0 Å². The van der Waals surface area contributed by atoms with E-state index in [4.69, 9.17) is 14.2 Å². The van der Waals surface area contributed by atoms with E-state index in [1.165, 1.54) is 10.4 Å². The molecule has 2 aromatic carbocycles. The molecule has 1 saturated heterocycles. The Labute approximate surface area is 177 Å². The predicted molar refractivity (Wildman–Crippen MR) is 112 cm³/mol. The average Bonchev–Trinajstić information content (AvgIpc) is 2.71. The number of morpholine rings is 1. The molecule has 0 aliphatic carbocycles. The fourth-order valence-corrected chi connectivity index (χ4v) is 4.98. The zero-order chi connectivity index (χ0) is 21.7. The average molecular weight is 434 g/mol. The molecule has 1 aliphatic rings. The van der Waals surface area contributed by atoms with Gasteiger partial charge in [0.05, 0.1) is 23.7 Å². The van der Waals surface area contributed by atoms with Gasteiger partial charge in [0, 0.05) is 13.1 Å². The minimum atomic E-state index is -3.70. The Bertz CT molecular complexity index is 992. The quantitative estimate of drug-likeness (QED) is 0.493. The van der Waals surface area contributed by atoms with Crippen molar-refractivity contribution in [2.24, 2.45) is 0 Å². The molecule has 8 heteroatoms. The van der Waals surface area contributed by atoms with Crippen molar-refractivity contribution in [1.29, 1.82) is 0 Å². The van der Waals surface area contributed by atoms with Gasteiger partial charge in [0.15, 0.2) is 0 Å². The Morgan fingerprint density at radius 3 is 2.33 bits per heavy atom. The molecular formula is C22H27NO6S. The summed E-state index contributed by atoms with van der Waals surface area (Å²) in [5.74, 6) is 0.134. The van der Waals surface area contributed by atoms with Gasteiger partial charge in [0.25, 0.3) is 0 Å². The summed E-state index contributed by atoms with van der Waals surface area (Å²) in [6, 6.07) is 10.5. The topological polar surface area (TPSA) is 82.1 Å². The van der Waals surface area contributed by atoms with E-state index in [1.54, 1.807) is 19.1 Å². The Kier molecular flexibility index (Phi) is 7.12. The number of benzene rings is 2. The molecule has 0 saturated carbocycles. The first-order chi connectivity index (χ1) is 14.3. The van der Waals surface area contributed by atoms with E-state index in [9.17, 15) is 13.2 Å². The van der Waals surface area contributed by atoms with Crippen molar-refractivity contribution in [3.63, 3.8) is 0 Å². The van der Waals surface area contributed by atoms with Crippen molar-refractivity contribution >= 4 is 16.0 Å². The van der Waals surface area contributed by atoms with Gasteiger partial charge in [-0.2, -0.15) is 4.31 Å². The molecule has 1 aliphatic heterocycles. The van der Waals surface area contributed by atoms with E-state index in [0.29, 0.717) is 31.9 Å². The summed E-state index contributed by atoms with van der Waals surface area (Å²) in [4.78, 5) is 12.5. The zero-order valence-corrected chi connectivity index (χ0v) is 18.3. The van der Waals surface area contributed by atoms with Crippen LogP contribution in [0, 0.1) is 20.8 Å². The first kappa shape index (κ1) is 22.3. The molecule has 0 aromatic heterocycles. The Balaban J connectivity index is 1.63. The highest BCUT2D eigenvalue weighted by Gasteiger charge is 2.28. The van der Waals surface area contributed by atoms with Crippen LogP contribution in [0.4, 0.5) is 0 Å². The van der Waals surface area contributed by atoms with Crippen LogP contribution in [0.5, 0.6) is 5.75 Å². The van der Waals surface area contributed by atoms with Crippen molar-refractivity contribution in [3.05, 3.63) is 58.7 Å². The second kappa shape index (κ2) is 9.59. The van der Waals surface area contributed by atoms with Crippen molar-refractivity contribution in [2.45, 2.75) is 25.7 Å². The van der Waals surface area contributed by atoms with E-state index in [-0.39, 0.29) is 23.7 Å². The Morgan fingerprint density at radius 1 is 1.00 bits per heavy atom. The zero-order valence-electron chi connectivity index (χ0n) is 17.5. The van der Waals surface area contributed by atoms with Crippen LogP contribution in [-0.2, 0) is 19.5 Å². The number of aryl methyl sites for hydroxylation is 3. The SMILES string of the molecule is Cc1cc(C)cc(OCCOC(=O)c2ccc(C)c(S(=O)(=O)N3CCOCC3)c2)c1. The number of nitrogens with zero attached hydrogens (tertiary/aromatic N) is 1. The molecular weight excluding hydrogens is 406 g/mol. The lowest BCUT2D eigenvalue weighted by Crippen LogP contribution is -2.40. The lowest BCUT2D eigenvalue weighted by molar-refractivity contribution is 0.0450. The summed E-state index contributed by atoms with van der Waals surface area (Å²) in [7, 11) is -3.70. The van der Waals surface area contributed by atoms with Crippen LogP contribution in [0.3, 0.4) is 0 Å². The molecule has 0 radical (unpaired) electrons. The van der Waals surface area contributed by atoms with Gasteiger partial charge in [-0.15, -0.1) is 0 Å². The number of hydrogen-bond donors (Lipinski definition) is 0. The first-order valence-corrected chi connectivity index (χ1v) is 11.3. The highest BCUT2D eigenvalue weighted by molar-refractivity contribution is 7.89. The third-order valence-corrected chi connectivity index (χ3v) is 6.83. The maximum absolute atomic E-state index is 13.0. The summed E-state index contributed by atoms with van der Waals surface area (Å²) < 4.78 is 43.4. The van der Waals surface area contributed by atoms with Gasteiger partial charge in [0.2, 0.25) is 10.0 Å². The molecule has 1 heterocycles. The smallest absolute Gasteiger partial charge is 0.338 e. The molecule has 0 amide bonds. The number of carbonyl (C=O) groups is 1. The molecule has 30 heavy (non-hydrogen) atoms. The van der Waals surface area contributed by atoms with E-state index >= 15 is 0 Å². The second-order valence-corrected chi connectivity index (χ2v) is 9.21. The summed E-state index contributed by atoms with van der Waals surface area (Å²) in [6.45, 7) is 7.27. The standard InChI is InChI=1S/C22H27NO6S/c1-16-12-17(2)14-20(13-16)28-10-11-29-22(24)19-5-4-18(3)21(15-19)30(25,26)23-6-8-27-9-7-23/h4-5,12-15H,6-11H2,1-3H3. The van der Waals surface area contributed by atoms with E-state index in [0.717, 1.165) is 16.9 Å². The fraction of sp³-hybridized carbons (Fsp3) is 0.409. The van der Waals surface area contributed by atoms with Gasteiger partial charge in [-0.3, -0.25) is 0 Å². The lowest BCUT2D eigenvalue weighted by Gasteiger charge is -2.26. The molecule has 0 atom stereocenters. The second-order valence-electron chi connectivity index (χ2n) is 7.30. The van der Waals surface area contributed by atoms with E-state index in [1.807, 2.05) is 32.0 Å². The van der Waals surface area contributed by atoms with Crippen LogP contribution >= 0.6 is 0 Å². The molecule has 162 valence electrons. The minimum Gasteiger partial charge on any atom is -0.490 e. The molecule has 0 unspecified atom stereocenters. The van der Waals surface area contributed by atoms with Crippen LogP contribution < -0.4 is 4.74 Å². The van der Waals surface area contributed by atoms with Crippen LogP contribution in [0.15, 0.2) is 41.3 Å². The third kappa shape index (κ3) is 5.38. The van der Waals surface area contributed by atoms with Gasteiger partial charge < -0.3 is 14.2 Å². The lowest BCUT2D eigenvalue weighted by atomic mass is 10.1. The van der Waals surface area contributed by atoms with Crippen molar-refractivity contribution in [1.82, 2.24) is 4.31 Å². The van der Waals surface area contributed by atoms with E-state index in [2.05, 4.69) is 0 Å². The summed E-state index contributed by atoms with van der Waals surface area (Å²) >= 11 is 0. The van der Waals surface area contributed by atoms with Crippen molar-refractivity contribution in [2.75, 3.05) is 39.5 Å². The highest BCUT2D eigenvalue weighted by atomic mass is 32.2. The van der Waals surface area contributed by atoms with Gasteiger partial charge in [-0.1, -0.05) is 12.1 Å². The molecule has 1 fully saturated rings. The van der Waals surface area contributed by atoms with E-state index < -0.39 is 16.0 Å². The highest BCUT2D eigenvalue weighted by Crippen LogP contribution is 2.23. The van der Waals surface area contributed by atoms with Gasteiger partial charge in [0.1, 0.15) is 19.0 Å². The molecule has 0 N–H and O–H groups in total. The normalized spacial score (nSPS) is 15.0. The van der Waals surface area contributed by atoms with Crippen LogP contribution in [0.1, 0.15) is 27.0 Å². The molecule has 3 rings (SSSR count). The number of carbonyl (C=O) groups excluding carboxylic acids is 1. The number of rotatable bonds is 7. The van der Waals surface area contributed by atoms with Crippen LogP contribution in [-0.4, -0.2) is 58.2 Å². The van der Waals surface area contributed by atoms with Gasteiger partial charge in [-0.05, 0) is 61.7 Å². The predicted octanol–water partition coefficient (Wildman–Crippen LogP) is 2.87. The Hall–Kier alpha value is -2.42. The molecule has 7 nitrogen and oxygen atoms in total. The summed E-state index contributed by atoms with van der Waals surface area (Å²) in [5, 5.41) is 0.